The molecule has 0 spiro atoms. The standard InChI is InChI=1S/C20H16F2INO4.U/c1-2-12(13-6-8-14(9-7-13)20(21,22)23)10-18(26)24-16-4-3-5-17(25)15(16)11-19(27)28;/h3-6,8-10,25H,1-2,11H2,(H,24,26)(H,27,28);/q-2;+2/b12-10+;. The first-order valence-electron chi connectivity index (χ1n) is 8.04. The van der Waals surface area contributed by atoms with Crippen LogP contribution in [-0.2, 0) is 19.9 Å². The summed E-state index contributed by atoms with van der Waals surface area (Å²) >= 11 is 1.02. The van der Waals surface area contributed by atoms with Gasteiger partial charge in [-0.25, -0.2) is 8.78 Å². The van der Waals surface area contributed by atoms with Crippen LogP contribution in [0.1, 0.15) is 23.1 Å². The number of rotatable bonds is 7. The van der Waals surface area contributed by atoms with Crippen LogP contribution in [0.25, 0.3) is 5.57 Å². The SMILES string of the molecule is [CH2-]C/C(=C\C(=O)Nc1cccc(O)c1CC(=O)O)c1[c-]cc(C(F)(F)I)cc1.[U+2]. The van der Waals surface area contributed by atoms with Crippen LogP contribution in [0.2, 0.25) is 0 Å². The number of carbonyl (C=O) groups excluding carboxylic acids is 1. The molecule has 3 N–H and O–H groups in total. The van der Waals surface area contributed by atoms with E-state index in [1.807, 2.05) is 0 Å². The fourth-order valence-corrected chi connectivity index (χ4v) is 2.78. The number of alkyl halides is 3. The summed E-state index contributed by atoms with van der Waals surface area (Å²) in [6, 6.07) is 10.8. The first-order valence-corrected chi connectivity index (χ1v) is 9.12. The number of aromatic hydroxyl groups is 1. The van der Waals surface area contributed by atoms with Crippen molar-refractivity contribution in [2.24, 2.45) is 0 Å². The van der Waals surface area contributed by atoms with E-state index in [9.17, 15) is 23.5 Å². The molecular formula is C20H16F2INO4U. The van der Waals surface area contributed by atoms with Gasteiger partial charge in [-0.2, -0.15) is 6.42 Å². The van der Waals surface area contributed by atoms with Gasteiger partial charge in [0.15, 0.2) is 0 Å². The Morgan fingerprint density at radius 3 is 2.48 bits per heavy atom. The Morgan fingerprint density at radius 1 is 1.28 bits per heavy atom. The molecule has 2 aromatic rings. The molecule has 0 aliphatic rings. The van der Waals surface area contributed by atoms with Crippen LogP contribution >= 0.6 is 22.6 Å². The molecule has 0 bridgehead atoms. The minimum absolute atomic E-state index is 0. The van der Waals surface area contributed by atoms with Crippen molar-refractivity contribution >= 4 is 45.7 Å². The van der Waals surface area contributed by atoms with Gasteiger partial charge in [0.25, 0.3) is 3.93 Å². The van der Waals surface area contributed by atoms with Crippen molar-refractivity contribution in [1.29, 1.82) is 0 Å². The van der Waals surface area contributed by atoms with E-state index in [1.165, 1.54) is 36.4 Å². The van der Waals surface area contributed by atoms with E-state index in [0.29, 0.717) is 11.1 Å². The molecule has 2 aromatic carbocycles. The number of carboxylic acids is 1. The third-order valence-electron chi connectivity index (χ3n) is 3.80. The van der Waals surface area contributed by atoms with Gasteiger partial charge in [0.05, 0.1) is 6.42 Å². The largest absolute Gasteiger partial charge is 2.00 e. The van der Waals surface area contributed by atoms with Crippen molar-refractivity contribution < 1.29 is 59.7 Å². The number of nitrogens with one attached hydrogen (secondary N) is 1. The number of anilines is 1. The molecule has 0 heterocycles. The van der Waals surface area contributed by atoms with E-state index >= 15 is 0 Å². The first kappa shape index (κ1) is 25.6. The molecule has 29 heavy (non-hydrogen) atoms. The molecule has 0 fully saturated rings. The number of aliphatic carboxylic acids is 1. The number of amides is 1. The number of phenols is 1. The molecule has 150 valence electrons. The van der Waals surface area contributed by atoms with Crippen LogP contribution in [0.5, 0.6) is 5.75 Å². The second-order valence-corrected chi connectivity index (χ2v) is 7.13. The van der Waals surface area contributed by atoms with E-state index in [2.05, 4.69) is 18.3 Å². The molecule has 0 aromatic heterocycles. The summed E-state index contributed by atoms with van der Waals surface area (Å²) in [6.07, 6.45) is 0.967. The molecule has 9 heteroatoms. The number of benzene rings is 2. The summed E-state index contributed by atoms with van der Waals surface area (Å²) in [6.45, 7) is 3.73. The molecule has 0 saturated heterocycles. The number of hydrogen-bond acceptors (Lipinski definition) is 3. The number of carbonyl (C=O) groups is 2. The quantitative estimate of drug-likeness (QED) is 0.169. The monoisotopic (exact) mass is 737 g/mol. The maximum atomic E-state index is 13.3. The zero-order valence-corrected chi connectivity index (χ0v) is 21.3. The van der Waals surface area contributed by atoms with E-state index < -0.39 is 22.2 Å². The molecule has 0 aliphatic carbocycles. The van der Waals surface area contributed by atoms with Crippen LogP contribution in [0, 0.1) is 44.1 Å². The van der Waals surface area contributed by atoms with Crippen molar-refractivity contribution in [1.82, 2.24) is 0 Å². The average molecular weight is 737 g/mol. The van der Waals surface area contributed by atoms with E-state index in [0.717, 1.165) is 28.7 Å². The van der Waals surface area contributed by atoms with Gasteiger partial charge >= 0.3 is 37.1 Å². The number of allylic oxidation sites excluding steroid dienone is 1. The van der Waals surface area contributed by atoms with Gasteiger partial charge in [0.2, 0.25) is 5.91 Å². The molecule has 5 nitrogen and oxygen atoms in total. The maximum Gasteiger partial charge on any atom is 2.00 e. The fraction of sp³-hybridized carbons (Fsp3) is 0.150. The summed E-state index contributed by atoms with van der Waals surface area (Å²) in [5, 5.41) is 21.3. The fourth-order valence-electron chi connectivity index (χ4n) is 2.44. The summed E-state index contributed by atoms with van der Waals surface area (Å²) < 4.78 is 23.6. The van der Waals surface area contributed by atoms with Gasteiger partial charge in [-0.3, -0.25) is 9.59 Å². The molecule has 2 rings (SSSR count). The second-order valence-electron chi connectivity index (χ2n) is 5.77. The summed E-state index contributed by atoms with van der Waals surface area (Å²) in [5.41, 5.74) is 0.934. The normalized spacial score (nSPS) is 11.5. The van der Waals surface area contributed by atoms with Crippen LogP contribution in [0.3, 0.4) is 0 Å². The Morgan fingerprint density at radius 2 is 1.97 bits per heavy atom. The Labute approximate surface area is 204 Å². The summed E-state index contributed by atoms with van der Waals surface area (Å²) in [4.78, 5) is 23.3. The maximum absolute atomic E-state index is 13.3. The number of carboxylic acid groups (broad SMARTS) is 1. The third kappa shape index (κ3) is 7.39. The molecule has 0 saturated carbocycles. The van der Waals surface area contributed by atoms with Crippen molar-refractivity contribution in [3.05, 3.63) is 72.2 Å². The van der Waals surface area contributed by atoms with Gasteiger partial charge in [-0.1, -0.05) is 6.07 Å². The minimum atomic E-state index is -3.02. The predicted molar refractivity (Wildman–Crippen MR) is 109 cm³/mol. The smallest absolute Gasteiger partial charge is 0.508 e. The Bertz CT molecular complexity index is 912. The topological polar surface area (TPSA) is 86.6 Å². The first-order chi connectivity index (χ1) is 13.1. The van der Waals surface area contributed by atoms with Gasteiger partial charge in [0, 0.05) is 11.3 Å². The second kappa shape index (κ2) is 11.1. The summed E-state index contributed by atoms with van der Waals surface area (Å²) in [7, 11) is 0. The van der Waals surface area contributed by atoms with Gasteiger partial charge in [0.1, 0.15) is 5.75 Å². The number of halogens is 3. The molecular weight excluding hydrogens is 721 g/mol. The van der Waals surface area contributed by atoms with Crippen molar-refractivity contribution in [3.63, 3.8) is 0 Å². The zero-order chi connectivity index (χ0) is 20.9. The molecule has 0 atom stereocenters. The molecule has 0 radical (unpaired) electrons. The third-order valence-corrected chi connectivity index (χ3v) is 4.42. The van der Waals surface area contributed by atoms with E-state index in [4.69, 9.17) is 5.11 Å². The van der Waals surface area contributed by atoms with Crippen molar-refractivity contribution in [2.75, 3.05) is 5.32 Å². The summed E-state index contributed by atoms with van der Waals surface area (Å²) in [5.74, 6) is -1.98. The zero-order valence-electron chi connectivity index (χ0n) is 15.0. The minimum Gasteiger partial charge on any atom is -0.508 e. The number of hydrogen-bond donors (Lipinski definition) is 3. The van der Waals surface area contributed by atoms with Crippen molar-refractivity contribution in [2.45, 2.75) is 16.8 Å². The Kier molecular flexibility index (Phi) is 9.79. The van der Waals surface area contributed by atoms with Crippen LogP contribution in [0.4, 0.5) is 14.5 Å². The Balaban J connectivity index is 0.00000420. The number of phenolic OH excluding ortho intramolecular Hbond substituents is 1. The molecule has 0 unspecified atom stereocenters. The van der Waals surface area contributed by atoms with Gasteiger partial charge < -0.3 is 22.5 Å². The predicted octanol–water partition coefficient (Wildman–Crippen LogP) is 4.55. The van der Waals surface area contributed by atoms with Crippen LogP contribution in [-0.4, -0.2) is 22.1 Å². The van der Waals surface area contributed by atoms with Crippen LogP contribution in [0.15, 0.2) is 42.5 Å². The molecule has 1 amide bonds. The van der Waals surface area contributed by atoms with Crippen molar-refractivity contribution in [3.8, 4) is 5.75 Å². The average Bonchev–Trinajstić information content (AvgIpc) is 2.62. The van der Waals surface area contributed by atoms with Gasteiger partial charge in [-0.15, -0.1) is 35.4 Å². The van der Waals surface area contributed by atoms with E-state index in [1.54, 1.807) is 0 Å². The van der Waals surface area contributed by atoms with Crippen LogP contribution < -0.4 is 5.32 Å². The Hall–Kier alpha value is -1.44. The van der Waals surface area contributed by atoms with Gasteiger partial charge in [-0.05, 0) is 46.4 Å². The van der Waals surface area contributed by atoms with E-state index in [-0.39, 0.29) is 60.1 Å². The molecule has 0 aliphatic heterocycles.